The van der Waals surface area contributed by atoms with E-state index in [0.29, 0.717) is 12.1 Å². The highest BCUT2D eigenvalue weighted by atomic mass is 79.9. The van der Waals surface area contributed by atoms with Crippen molar-refractivity contribution in [2.75, 3.05) is 26.2 Å². The van der Waals surface area contributed by atoms with Crippen molar-refractivity contribution < 1.29 is 9.90 Å². The van der Waals surface area contributed by atoms with Crippen LogP contribution in [-0.2, 0) is 0 Å². The lowest BCUT2D eigenvalue weighted by molar-refractivity contribution is 0.0816. The molecule has 0 atom stereocenters. The number of carbonyl (C=O) groups is 1. The fourth-order valence-corrected chi connectivity index (χ4v) is 2.62. The Morgan fingerprint density at radius 3 is 2.60 bits per heavy atom. The molecule has 1 aromatic rings. The summed E-state index contributed by atoms with van der Waals surface area (Å²) in [6, 6.07) is 7.36. The molecule has 4 nitrogen and oxygen atoms in total. The van der Waals surface area contributed by atoms with Crippen LogP contribution in [-0.4, -0.2) is 48.2 Å². The monoisotopic (exact) mass is 340 g/mol. The third-order valence-corrected chi connectivity index (χ3v) is 4.13. The van der Waals surface area contributed by atoms with Crippen LogP contribution in [0.1, 0.15) is 29.6 Å². The molecule has 0 saturated carbocycles. The van der Waals surface area contributed by atoms with Gasteiger partial charge in [0.1, 0.15) is 0 Å². The first-order chi connectivity index (χ1) is 9.65. The number of amides is 1. The molecule has 1 heterocycles. The van der Waals surface area contributed by atoms with Gasteiger partial charge in [-0.05, 0) is 50.1 Å². The second-order valence-corrected chi connectivity index (χ2v) is 6.10. The van der Waals surface area contributed by atoms with Gasteiger partial charge in [-0.15, -0.1) is 0 Å². The zero-order chi connectivity index (χ0) is 14.4. The number of piperidine rings is 1. The first-order valence-corrected chi connectivity index (χ1v) is 7.88. The summed E-state index contributed by atoms with van der Waals surface area (Å²) in [5, 5.41) is 12.4. The Kier molecular flexibility index (Phi) is 6.01. The molecule has 2 rings (SSSR count). The molecule has 1 fully saturated rings. The maximum Gasteiger partial charge on any atom is 0.251 e. The molecule has 0 radical (unpaired) electrons. The van der Waals surface area contributed by atoms with Crippen molar-refractivity contribution in [1.29, 1.82) is 0 Å². The van der Waals surface area contributed by atoms with Crippen LogP contribution < -0.4 is 5.32 Å². The molecule has 0 spiro atoms. The molecule has 0 aromatic heterocycles. The highest BCUT2D eigenvalue weighted by molar-refractivity contribution is 9.10. The minimum Gasteiger partial charge on any atom is -0.393 e. The lowest BCUT2D eigenvalue weighted by Crippen LogP contribution is -2.37. The smallest absolute Gasteiger partial charge is 0.251 e. The van der Waals surface area contributed by atoms with Gasteiger partial charge in [-0.25, -0.2) is 0 Å². The standard InChI is InChI=1S/C15H21BrN2O2/c16-13-4-2-12(3-5-13)15(20)17-8-1-9-18-10-6-14(19)7-11-18/h2-5,14,19H,1,6-11H2,(H,17,20). The van der Waals surface area contributed by atoms with Crippen molar-refractivity contribution in [3.05, 3.63) is 34.3 Å². The van der Waals surface area contributed by atoms with E-state index in [-0.39, 0.29) is 12.0 Å². The Balaban J connectivity index is 1.63. The Hall–Kier alpha value is -0.910. The lowest BCUT2D eigenvalue weighted by atomic mass is 10.1. The number of nitrogens with zero attached hydrogens (tertiary/aromatic N) is 1. The Labute approximate surface area is 128 Å². The van der Waals surface area contributed by atoms with Crippen LogP contribution in [0.15, 0.2) is 28.7 Å². The first-order valence-electron chi connectivity index (χ1n) is 7.09. The predicted octanol–water partition coefficient (Wildman–Crippen LogP) is 2.03. The molecule has 2 N–H and O–H groups in total. The number of aliphatic hydroxyl groups is 1. The van der Waals surface area contributed by atoms with Crippen LogP contribution in [0.2, 0.25) is 0 Å². The Bertz CT molecular complexity index is 428. The van der Waals surface area contributed by atoms with E-state index in [0.717, 1.165) is 43.4 Å². The second-order valence-electron chi connectivity index (χ2n) is 5.19. The molecule has 1 saturated heterocycles. The summed E-state index contributed by atoms with van der Waals surface area (Å²) in [5.74, 6) is -0.0217. The minimum absolute atomic E-state index is 0.0217. The summed E-state index contributed by atoms with van der Waals surface area (Å²) >= 11 is 3.35. The maximum absolute atomic E-state index is 11.9. The predicted molar refractivity (Wildman–Crippen MR) is 82.8 cm³/mol. The summed E-state index contributed by atoms with van der Waals surface area (Å²) in [7, 11) is 0. The number of halogens is 1. The average Bonchev–Trinajstić information content (AvgIpc) is 2.46. The number of aliphatic hydroxyl groups excluding tert-OH is 1. The van der Waals surface area contributed by atoms with Gasteiger partial charge in [-0.3, -0.25) is 4.79 Å². The number of rotatable bonds is 5. The molecular weight excluding hydrogens is 320 g/mol. The molecule has 20 heavy (non-hydrogen) atoms. The second kappa shape index (κ2) is 7.76. The number of hydrogen-bond acceptors (Lipinski definition) is 3. The van der Waals surface area contributed by atoms with Gasteiger partial charge in [0.15, 0.2) is 0 Å². The van der Waals surface area contributed by atoms with Crippen LogP contribution in [0.3, 0.4) is 0 Å². The third kappa shape index (κ3) is 4.89. The number of likely N-dealkylation sites (tertiary alicyclic amines) is 1. The Morgan fingerprint density at radius 1 is 1.30 bits per heavy atom. The number of carbonyl (C=O) groups excluding carboxylic acids is 1. The molecule has 1 aliphatic rings. The summed E-state index contributed by atoms with van der Waals surface area (Å²) in [6.07, 6.45) is 2.55. The Morgan fingerprint density at radius 2 is 1.95 bits per heavy atom. The van der Waals surface area contributed by atoms with Crippen molar-refractivity contribution in [3.63, 3.8) is 0 Å². The molecule has 5 heteroatoms. The zero-order valence-corrected chi connectivity index (χ0v) is 13.1. The summed E-state index contributed by atoms with van der Waals surface area (Å²) in [5.41, 5.74) is 0.689. The molecule has 0 bridgehead atoms. The van der Waals surface area contributed by atoms with E-state index in [9.17, 15) is 9.90 Å². The molecule has 1 aliphatic heterocycles. The van der Waals surface area contributed by atoms with E-state index in [2.05, 4.69) is 26.1 Å². The van der Waals surface area contributed by atoms with Gasteiger partial charge in [-0.1, -0.05) is 15.9 Å². The molecule has 0 unspecified atom stereocenters. The van der Waals surface area contributed by atoms with Gasteiger partial charge in [0.05, 0.1) is 6.10 Å². The van der Waals surface area contributed by atoms with Gasteiger partial charge in [0.2, 0.25) is 0 Å². The quantitative estimate of drug-likeness (QED) is 0.806. The van der Waals surface area contributed by atoms with Gasteiger partial charge in [0.25, 0.3) is 5.91 Å². The van der Waals surface area contributed by atoms with Gasteiger partial charge in [0, 0.05) is 29.7 Å². The van der Waals surface area contributed by atoms with Crippen LogP contribution in [0.25, 0.3) is 0 Å². The highest BCUT2D eigenvalue weighted by Gasteiger charge is 2.16. The van der Waals surface area contributed by atoms with Crippen molar-refractivity contribution in [3.8, 4) is 0 Å². The number of benzene rings is 1. The molecule has 1 amide bonds. The summed E-state index contributed by atoms with van der Waals surface area (Å²) in [6.45, 7) is 3.59. The topological polar surface area (TPSA) is 52.6 Å². The number of nitrogens with one attached hydrogen (secondary N) is 1. The van der Waals surface area contributed by atoms with E-state index in [1.807, 2.05) is 24.3 Å². The molecular formula is C15H21BrN2O2. The maximum atomic E-state index is 11.9. The third-order valence-electron chi connectivity index (χ3n) is 3.60. The number of hydrogen-bond donors (Lipinski definition) is 2. The van der Waals surface area contributed by atoms with Crippen LogP contribution in [0.4, 0.5) is 0 Å². The van der Waals surface area contributed by atoms with Gasteiger partial charge >= 0.3 is 0 Å². The summed E-state index contributed by atoms with van der Waals surface area (Å²) < 4.78 is 0.973. The molecule has 110 valence electrons. The largest absolute Gasteiger partial charge is 0.393 e. The summed E-state index contributed by atoms with van der Waals surface area (Å²) in [4.78, 5) is 14.2. The lowest BCUT2D eigenvalue weighted by Gasteiger charge is -2.29. The fourth-order valence-electron chi connectivity index (χ4n) is 2.35. The fraction of sp³-hybridized carbons (Fsp3) is 0.533. The van der Waals surface area contributed by atoms with E-state index in [4.69, 9.17) is 0 Å². The normalized spacial score (nSPS) is 17.1. The zero-order valence-electron chi connectivity index (χ0n) is 11.5. The van der Waals surface area contributed by atoms with Gasteiger partial charge in [-0.2, -0.15) is 0 Å². The molecule has 1 aromatic carbocycles. The van der Waals surface area contributed by atoms with E-state index in [1.165, 1.54) is 0 Å². The molecule has 0 aliphatic carbocycles. The average molecular weight is 341 g/mol. The van der Waals surface area contributed by atoms with Gasteiger partial charge < -0.3 is 15.3 Å². The van der Waals surface area contributed by atoms with Crippen molar-refractivity contribution >= 4 is 21.8 Å². The van der Waals surface area contributed by atoms with E-state index >= 15 is 0 Å². The first kappa shape index (κ1) is 15.5. The van der Waals surface area contributed by atoms with E-state index < -0.39 is 0 Å². The highest BCUT2D eigenvalue weighted by Crippen LogP contribution is 2.11. The van der Waals surface area contributed by atoms with Crippen molar-refractivity contribution in [2.45, 2.75) is 25.4 Å². The minimum atomic E-state index is -0.122. The van der Waals surface area contributed by atoms with Crippen molar-refractivity contribution in [2.24, 2.45) is 0 Å². The van der Waals surface area contributed by atoms with Crippen LogP contribution in [0.5, 0.6) is 0 Å². The van der Waals surface area contributed by atoms with E-state index in [1.54, 1.807) is 0 Å². The SMILES string of the molecule is O=C(NCCCN1CCC(O)CC1)c1ccc(Br)cc1. The van der Waals surface area contributed by atoms with Crippen molar-refractivity contribution in [1.82, 2.24) is 10.2 Å². The van der Waals surface area contributed by atoms with Crippen LogP contribution in [0, 0.1) is 0 Å². The van der Waals surface area contributed by atoms with Crippen LogP contribution >= 0.6 is 15.9 Å².